The van der Waals surface area contributed by atoms with Crippen LogP contribution < -0.4 is 5.32 Å². The van der Waals surface area contributed by atoms with Crippen LogP contribution in [0, 0.1) is 11.3 Å². The fourth-order valence-electron chi connectivity index (χ4n) is 1.68. The Balaban J connectivity index is 0.000000720. The smallest absolute Gasteiger partial charge is 0.111 e. The van der Waals surface area contributed by atoms with Gasteiger partial charge in [0.05, 0.1) is 6.07 Å². The SMILES string of the molecule is Cl.Cl.N#CC1CNCCN1C1CC1. The van der Waals surface area contributed by atoms with E-state index in [1.165, 1.54) is 12.8 Å². The number of rotatable bonds is 1. The van der Waals surface area contributed by atoms with Crippen molar-refractivity contribution in [3.8, 4) is 6.07 Å². The largest absolute Gasteiger partial charge is 0.313 e. The molecule has 2 rings (SSSR count). The summed E-state index contributed by atoms with van der Waals surface area (Å²) in [6, 6.07) is 3.21. The van der Waals surface area contributed by atoms with Crippen molar-refractivity contribution in [1.82, 2.24) is 10.2 Å². The zero-order valence-corrected chi connectivity index (χ0v) is 9.03. The predicted molar refractivity (Wildman–Crippen MR) is 56.5 cm³/mol. The molecule has 0 amide bonds. The summed E-state index contributed by atoms with van der Waals surface area (Å²) in [6.07, 6.45) is 2.61. The Morgan fingerprint density at radius 3 is 2.54 bits per heavy atom. The molecule has 0 aromatic heterocycles. The summed E-state index contributed by atoms with van der Waals surface area (Å²) in [6.45, 7) is 2.96. The van der Waals surface area contributed by atoms with Crippen LogP contribution in [0.15, 0.2) is 0 Å². The molecular formula is C8H15Cl2N3. The first-order valence-electron chi connectivity index (χ1n) is 4.28. The molecule has 1 saturated heterocycles. The van der Waals surface area contributed by atoms with Crippen molar-refractivity contribution in [2.24, 2.45) is 0 Å². The van der Waals surface area contributed by atoms with Crippen molar-refractivity contribution in [2.45, 2.75) is 24.9 Å². The van der Waals surface area contributed by atoms with Crippen LogP contribution in [0.5, 0.6) is 0 Å². The third kappa shape index (κ3) is 2.99. The van der Waals surface area contributed by atoms with Gasteiger partial charge in [-0.1, -0.05) is 0 Å². The maximum atomic E-state index is 8.81. The molecule has 0 radical (unpaired) electrons. The van der Waals surface area contributed by atoms with Crippen molar-refractivity contribution in [2.75, 3.05) is 19.6 Å². The molecule has 13 heavy (non-hydrogen) atoms. The van der Waals surface area contributed by atoms with E-state index >= 15 is 0 Å². The molecule has 5 heteroatoms. The number of nitriles is 1. The minimum Gasteiger partial charge on any atom is -0.313 e. The van der Waals surface area contributed by atoms with Crippen LogP contribution in [0.2, 0.25) is 0 Å². The van der Waals surface area contributed by atoms with Gasteiger partial charge in [-0.25, -0.2) is 0 Å². The van der Waals surface area contributed by atoms with Gasteiger partial charge in [0, 0.05) is 25.7 Å². The van der Waals surface area contributed by atoms with E-state index in [1.807, 2.05) is 0 Å². The van der Waals surface area contributed by atoms with Crippen LogP contribution in [0.1, 0.15) is 12.8 Å². The normalized spacial score (nSPS) is 28.1. The Bertz CT molecular complexity index is 188. The van der Waals surface area contributed by atoms with Gasteiger partial charge in [-0.3, -0.25) is 4.90 Å². The highest BCUT2D eigenvalue weighted by Gasteiger charge is 2.34. The molecule has 1 atom stereocenters. The Morgan fingerprint density at radius 1 is 1.31 bits per heavy atom. The molecule has 0 aromatic carbocycles. The first kappa shape index (κ1) is 13.0. The summed E-state index contributed by atoms with van der Waals surface area (Å²) >= 11 is 0. The fourth-order valence-corrected chi connectivity index (χ4v) is 1.68. The van der Waals surface area contributed by atoms with Crippen LogP contribution in [-0.4, -0.2) is 36.6 Å². The summed E-state index contributed by atoms with van der Waals surface area (Å²) in [7, 11) is 0. The lowest BCUT2D eigenvalue weighted by atomic mass is 10.2. The second kappa shape index (κ2) is 5.66. The summed E-state index contributed by atoms with van der Waals surface area (Å²) in [4.78, 5) is 2.34. The van der Waals surface area contributed by atoms with Crippen molar-refractivity contribution in [3.05, 3.63) is 0 Å². The van der Waals surface area contributed by atoms with E-state index < -0.39 is 0 Å². The molecule has 76 valence electrons. The van der Waals surface area contributed by atoms with E-state index in [1.54, 1.807) is 0 Å². The van der Waals surface area contributed by atoms with E-state index in [0.717, 1.165) is 25.7 Å². The van der Waals surface area contributed by atoms with Crippen LogP contribution in [0.3, 0.4) is 0 Å². The lowest BCUT2D eigenvalue weighted by Gasteiger charge is -2.31. The van der Waals surface area contributed by atoms with E-state index in [-0.39, 0.29) is 30.9 Å². The molecular weight excluding hydrogens is 209 g/mol. The van der Waals surface area contributed by atoms with E-state index in [9.17, 15) is 0 Å². The lowest BCUT2D eigenvalue weighted by Crippen LogP contribution is -2.51. The zero-order valence-electron chi connectivity index (χ0n) is 7.40. The molecule has 2 fully saturated rings. The highest BCUT2D eigenvalue weighted by atomic mass is 35.5. The molecule has 1 N–H and O–H groups in total. The molecule has 0 spiro atoms. The highest BCUT2D eigenvalue weighted by molar-refractivity contribution is 5.85. The predicted octanol–water partition coefficient (Wildman–Crippen LogP) is 0.790. The third-order valence-electron chi connectivity index (χ3n) is 2.45. The van der Waals surface area contributed by atoms with Gasteiger partial charge in [-0.15, -0.1) is 24.8 Å². The van der Waals surface area contributed by atoms with Gasteiger partial charge < -0.3 is 5.32 Å². The standard InChI is InChI=1S/C8H13N3.2ClH/c9-5-8-6-10-3-4-11(8)7-1-2-7;;/h7-8,10H,1-4,6H2;2*1H. The maximum Gasteiger partial charge on any atom is 0.111 e. The minimum absolute atomic E-state index is 0. The van der Waals surface area contributed by atoms with Gasteiger partial charge in [0.25, 0.3) is 0 Å². The Hall–Kier alpha value is -0.0100. The molecule has 1 heterocycles. The zero-order chi connectivity index (χ0) is 7.68. The minimum atomic E-state index is 0. The highest BCUT2D eigenvalue weighted by Crippen LogP contribution is 2.28. The van der Waals surface area contributed by atoms with E-state index in [2.05, 4.69) is 16.3 Å². The van der Waals surface area contributed by atoms with Crippen molar-refractivity contribution in [1.29, 1.82) is 5.26 Å². The van der Waals surface area contributed by atoms with Crippen LogP contribution in [0.25, 0.3) is 0 Å². The van der Waals surface area contributed by atoms with Crippen molar-refractivity contribution < 1.29 is 0 Å². The summed E-state index contributed by atoms with van der Waals surface area (Å²) in [5.74, 6) is 0. The fraction of sp³-hybridized carbons (Fsp3) is 0.875. The summed E-state index contributed by atoms with van der Waals surface area (Å²) in [5, 5.41) is 12.0. The Labute approximate surface area is 91.3 Å². The molecule has 1 unspecified atom stereocenters. The third-order valence-corrected chi connectivity index (χ3v) is 2.45. The van der Waals surface area contributed by atoms with Crippen LogP contribution in [-0.2, 0) is 0 Å². The lowest BCUT2D eigenvalue weighted by molar-refractivity contribution is 0.188. The molecule has 1 saturated carbocycles. The average molecular weight is 224 g/mol. The monoisotopic (exact) mass is 223 g/mol. The molecule has 2 aliphatic rings. The molecule has 1 aliphatic carbocycles. The van der Waals surface area contributed by atoms with Crippen LogP contribution in [0.4, 0.5) is 0 Å². The van der Waals surface area contributed by atoms with E-state index in [4.69, 9.17) is 5.26 Å². The second-order valence-corrected chi connectivity index (χ2v) is 3.32. The van der Waals surface area contributed by atoms with Crippen LogP contribution >= 0.6 is 24.8 Å². The van der Waals surface area contributed by atoms with Gasteiger partial charge in [0.15, 0.2) is 0 Å². The molecule has 0 aromatic rings. The summed E-state index contributed by atoms with van der Waals surface area (Å²) < 4.78 is 0. The first-order valence-corrected chi connectivity index (χ1v) is 4.28. The molecule has 0 bridgehead atoms. The van der Waals surface area contributed by atoms with E-state index in [0.29, 0.717) is 0 Å². The summed E-state index contributed by atoms with van der Waals surface area (Å²) in [5.41, 5.74) is 0. The first-order chi connectivity index (χ1) is 5.42. The number of hydrogen-bond acceptors (Lipinski definition) is 3. The molecule has 3 nitrogen and oxygen atoms in total. The number of halogens is 2. The topological polar surface area (TPSA) is 39.1 Å². The van der Waals surface area contributed by atoms with Gasteiger partial charge in [0.2, 0.25) is 0 Å². The van der Waals surface area contributed by atoms with Gasteiger partial charge >= 0.3 is 0 Å². The number of hydrogen-bond donors (Lipinski definition) is 1. The van der Waals surface area contributed by atoms with Crippen molar-refractivity contribution >= 4 is 24.8 Å². The van der Waals surface area contributed by atoms with Gasteiger partial charge in [0.1, 0.15) is 6.04 Å². The average Bonchev–Trinajstić information content (AvgIpc) is 2.87. The number of nitrogens with zero attached hydrogens (tertiary/aromatic N) is 2. The van der Waals surface area contributed by atoms with Gasteiger partial charge in [-0.05, 0) is 12.8 Å². The number of piperazine rings is 1. The quantitative estimate of drug-likeness (QED) is 0.715. The maximum absolute atomic E-state index is 8.81. The van der Waals surface area contributed by atoms with Gasteiger partial charge in [-0.2, -0.15) is 5.26 Å². The second-order valence-electron chi connectivity index (χ2n) is 3.32. The molecule has 1 aliphatic heterocycles. The number of nitrogens with one attached hydrogen (secondary N) is 1. The van der Waals surface area contributed by atoms with Crippen molar-refractivity contribution in [3.63, 3.8) is 0 Å². The Morgan fingerprint density at radius 2 is 2.00 bits per heavy atom. The Kier molecular flexibility index (Phi) is 5.66.